The van der Waals surface area contributed by atoms with Crippen molar-refractivity contribution in [2.24, 2.45) is 0 Å². The number of urea groups is 1. The molecule has 7 nitrogen and oxygen atoms in total. The van der Waals surface area contributed by atoms with Crippen molar-refractivity contribution in [1.82, 2.24) is 25.9 Å². The molecular formula is C24H27N5O2S. The molecule has 1 aliphatic carbocycles. The summed E-state index contributed by atoms with van der Waals surface area (Å²) in [6, 6.07) is 12.9. The lowest BCUT2D eigenvalue weighted by Gasteiger charge is -2.30. The van der Waals surface area contributed by atoms with Gasteiger partial charge in [0.25, 0.3) is 0 Å². The number of benzene rings is 1. The Labute approximate surface area is 191 Å². The Morgan fingerprint density at radius 3 is 2.62 bits per heavy atom. The maximum Gasteiger partial charge on any atom is 0.315 e. The first-order chi connectivity index (χ1) is 15.6. The van der Waals surface area contributed by atoms with Gasteiger partial charge in [0.05, 0.1) is 11.7 Å². The summed E-state index contributed by atoms with van der Waals surface area (Å²) in [6.45, 7) is 2.33. The molecule has 2 heterocycles. The van der Waals surface area contributed by atoms with Crippen LogP contribution in [-0.4, -0.2) is 27.4 Å². The summed E-state index contributed by atoms with van der Waals surface area (Å²) in [7, 11) is 0. The average Bonchev–Trinajstić information content (AvgIpc) is 3.50. The van der Waals surface area contributed by atoms with Crippen LogP contribution in [0.15, 0.2) is 60.2 Å². The summed E-state index contributed by atoms with van der Waals surface area (Å²) >= 11 is 1.50. The quantitative estimate of drug-likeness (QED) is 0.504. The number of carbonyl (C=O) groups is 2. The number of amides is 3. The summed E-state index contributed by atoms with van der Waals surface area (Å²) < 4.78 is 0. The Bertz CT molecular complexity index is 1050. The Kier molecular flexibility index (Phi) is 6.80. The van der Waals surface area contributed by atoms with E-state index in [1.807, 2.05) is 54.8 Å². The Hall–Kier alpha value is -3.26. The molecule has 1 aliphatic rings. The SMILES string of the molecule is CC(NC(=O)C1(NC(=O)NCc2ccccc2)CCCC1)c1nc(-c2cccnc2)cs1. The van der Waals surface area contributed by atoms with Crippen LogP contribution in [0.4, 0.5) is 4.79 Å². The first kappa shape index (κ1) is 22.0. The minimum absolute atomic E-state index is 0.157. The van der Waals surface area contributed by atoms with Gasteiger partial charge in [0.15, 0.2) is 0 Å². The number of pyridine rings is 1. The van der Waals surface area contributed by atoms with E-state index in [1.54, 1.807) is 12.4 Å². The van der Waals surface area contributed by atoms with E-state index in [-0.39, 0.29) is 18.0 Å². The molecule has 4 rings (SSSR count). The van der Waals surface area contributed by atoms with Crippen molar-refractivity contribution >= 4 is 23.3 Å². The largest absolute Gasteiger partial charge is 0.345 e. The van der Waals surface area contributed by atoms with Crippen molar-refractivity contribution in [2.75, 3.05) is 0 Å². The van der Waals surface area contributed by atoms with Crippen molar-refractivity contribution in [3.05, 3.63) is 70.8 Å². The molecule has 3 aromatic rings. The molecule has 1 aromatic carbocycles. The highest BCUT2D eigenvalue weighted by Crippen LogP contribution is 2.31. The predicted octanol–water partition coefficient (Wildman–Crippen LogP) is 4.19. The predicted molar refractivity (Wildman–Crippen MR) is 125 cm³/mol. The summed E-state index contributed by atoms with van der Waals surface area (Å²) in [5.74, 6) is -0.157. The van der Waals surface area contributed by atoms with Crippen LogP contribution < -0.4 is 16.0 Å². The lowest BCUT2D eigenvalue weighted by molar-refractivity contribution is -0.127. The number of nitrogens with one attached hydrogen (secondary N) is 3. The molecule has 0 bridgehead atoms. The number of nitrogens with zero attached hydrogens (tertiary/aromatic N) is 2. The fourth-order valence-corrected chi connectivity index (χ4v) is 4.79. The smallest absolute Gasteiger partial charge is 0.315 e. The van der Waals surface area contributed by atoms with E-state index in [1.165, 1.54) is 11.3 Å². The highest BCUT2D eigenvalue weighted by molar-refractivity contribution is 7.10. The minimum atomic E-state index is -0.890. The van der Waals surface area contributed by atoms with Gasteiger partial charge in [0.1, 0.15) is 10.5 Å². The van der Waals surface area contributed by atoms with Crippen molar-refractivity contribution in [1.29, 1.82) is 0 Å². The monoisotopic (exact) mass is 449 g/mol. The van der Waals surface area contributed by atoms with E-state index in [2.05, 4.69) is 25.9 Å². The lowest BCUT2D eigenvalue weighted by Crippen LogP contribution is -2.59. The number of rotatable bonds is 7. The van der Waals surface area contributed by atoms with E-state index < -0.39 is 5.54 Å². The van der Waals surface area contributed by atoms with Crippen LogP contribution in [0.25, 0.3) is 11.3 Å². The molecule has 1 saturated carbocycles. The number of aromatic nitrogens is 2. The third kappa shape index (κ3) is 5.13. The molecule has 1 fully saturated rings. The molecule has 3 N–H and O–H groups in total. The third-order valence-electron chi connectivity index (χ3n) is 5.74. The van der Waals surface area contributed by atoms with E-state index >= 15 is 0 Å². The van der Waals surface area contributed by atoms with Gasteiger partial charge >= 0.3 is 6.03 Å². The molecule has 1 unspecified atom stereocenters. The van der Waals surface area contributed by atoms with Crippen LogP contribution in [0.1, 0.15) is 49.2 Å². The van der Waals surface area contributed by atoms with E-state index in [4.69, 9.17) is 0 Å². The molecule has 166 valence electrons. The van der Waals surface area contributed by atoms with Gasteiger partial charge in [-0.1, -0.05) is 43.2 Å². The first-order valence-electron chi connectivity index (χ1n) is 10.8. The second kappa shape index (κ2) is 9.91. The van der Waals surface area contributed by atoms with Crippen LogP contribution in [0.3, 0.4) is 0 Å². The Balaban J connectivity index is 1.38. The lowest BCUT2D eigenvalue weighted by atomic mass is 9.96. The maximum absolute atomic E-state index is 13.3. The van der Waals surface area contributed by atoms with Crippen LogP contribution in [0.2, 0.25) is 0 Å². The maximum atomic E-state index is 13.3. The molecule has 0 radical (unpaired) electrons. The number of hydrogen-bond donors (Lipinski definition) is 3. The minimum Gasteiger partial charge on any atom is -0.345 e. The first-order valence-corrected chi connectivity index (χ1v) is 11.7. The van der Waals surface area contributed by atoms with Crippen LogP contribution >= 0.6 is 11.3 Å². The summed E-state index contributed by atoms with van der Waals surface area (Å²) in [4.78, 5) is 34.6. The van der Waals surface area contributed by atoms with Crippen molar-refractivity contribution in [3.63, 3.8) is 0 Å². The fraction of sp³-hybridized carbons (Fsp3) is 0.333. The summed E-state index contributed by atoms with van der Waals surface area (Å²) in [5.41, 5.74) is 1.90. The average molecular weight is 450 g/mol. The normalized spacial score (nSPS) is 15.7. The Morgan fingerprint density at radius 1 is 1.12 bits per heavy atom. The van der Waals surface area contributed by atoms with Gasteiger partial charge in [-0.25, -0.2) is 9.78 Å². The van der Waals surface area contributed by atoms with E-state index in [9.17, 15) is 9.59 Å². The summed E-state index contributed by atoms with van der Waals surface area (Å²) in [5, 5.41) is 11.7. The molecule has 8 heteroatoms. The second-order valence-corrected chi connectivity index (χ2v) is 8.98. The van der Waals surface area contributed by atoms with Gasteiger partial charge in [0, 0.05) is 29.9 Å². The molecule has 3 amide bonds. The number of thiazole rings is 1. The zero-order valence-electron chi connectivity index (χ0n) is 18.0. The molecular weight excluding hydrogens is 422 g/mol. The van der Waals surface area contributed by atoms with Crippen molar-refractivity contribution < 1.29 is 9.59 Å². The number of hydrogen-bond acceptors (Lipinski definition) is 5. The molecule has 0 aliphatic heterocycles. The van der Waals surface area contributed by atoms with Gasteiger partial charge in [-0.3, -0.25) is 9.78 Å². The van der Waals surface area contributed by atoms with Gasteiger partial charge in [-0.15, -0.1) is 11.3 Å². The molecule has 0 saturated heterocycles. The highest BCUT2D eigenvalue weighted by atomic mass is 32.1. The number of carbonyl (C=O) groups excluding carboxylic acids is 2. The van der Waals surface area contributed by atoms with Gasteiger partial charge in [-0.05, 0) is 37.5 Å². The van der Waals surface area contributed by atoms with Crippen molar-refractivity contribution in [2.45, 2.75) is 50.7 Å². The van der Waals surface area contributed by atoms with Crippen LogP contribution in [-0.2, 0) is 11.3 Å². The van der Waals surface area contributed by atoms with Crippen molar-refractivity contribution in [3.8, 4) is 11.3 Å². The molecule has 1 atom stereocenters. The van der Waals surface area contributed by atoms with Gasteiger partial charge < -0.3 is 16.0 Å². The van der Waals surface area contributed by atoms with E-state index in [0.717, 1.165) is 34.7 Å². The highest BCUT2D eigenvalue weighted by Gasteiger charge is 2.43. The van der Waals surface area contributed by atoms with E-state index in [0.29, 0.717) is 19.4 Å². The zero-order valence-corrected chi connectivity index (χ0v) is 18.8. The Morgan fingerprint density at radius 2 is 1.91 bits per heavy atom. The third-order valence-corrected chi connectivity index (χ3v) is 6.77. The second-order valence-electron chi connectivity index (χ2n) is 8.09. The molecule has 32 heavy (non-hydrogen) atoms. The summed E-state index contributed by atoms with van der Waals surface area (Å²) in [6.07, 6.45) is 6.57. The zero-order chi connectivity index (χ0) is 22.4. The van der Waals surface area contributed by atoms with Crippen LogP contribution in [0, 0.1) is 0 Å². The topological polar surface area (TPSA) is 96.0 Å². The standard InChI is InChI=1S/C24H27N5O2S/c1-17(21-28-20(16-32-21)19-10-7-13-25-15-19)27-22(30)24(11-5-6-12-24)29-23(31)26-14-18-8-3-2-4-9-18/h2-4,7-10,13,15-17H,5-6,11-12,14H2,1H3,(H,27,30)(H2,26,29,31). The molecule has 2 aromatic heterocycles. The molecule has 0 spiro atoms. The van der Waals surface area contributed by atoms with Gasteiger partial charge in [0.2, 0.25) is 5.91 Å². The fourth-order valence-electron chi connectivity index (χ4n) is 3.96. The van der Waals surface area contributed by atoms with Gasteiger partial charge in [-0.2, -0.15) is 0 Å². The van der Waals surface area contributed by atoms with Crippen LogP contribution in [0.5, 0.6) is 0 Å².